The van der Waals surface area contributed by atoms with Crippen molar-refractivity contribution in [3.05, 3.63) is 97.4 Å². The normalized spacial score (nSPS) is 11.8. The van der Waals surface area contributed by atoms with Gasteiger partial charge < -0.3 is 19.3 Å². The van der Waals surface area contributed by atoms with E-state index in [0.717, 1.165) is 38.5 Å². The summed E-state index contributed by atoms with van der Waals surface area (Å²) in [6.45, 7) is 0. The van der Waals surface area contributed by atoms with Gasteiger partial charge in [0.25, 0.3) is 5.09 Å². The van der Waals surface area contributed by atoms with Gasteiger partial charge >= 0.3 is 10.1 Å². The van der Waals surface area contributed by atoms with Crippen LogP contribution in [0, 0.1) is 0 Å². The zero-order chi connectivity index (χ0) is 24.0. The fourth-order valence-electron chi connectivity index (χ4n) is 4.25. The van der Waals surface area contributed by atoms with Gasteiger partial charge in [0.1, 0.15) is 11.4 Å². The standard InChI is InChI=1S/C27H19N3O4S/c28-19-10-8-17(9-11-19)22-16-29-27-26(25(22)18-5-2-1-3-6-18)21-15-20(12-13-23(21)30-27)34-35(31,32)24-7-4-14-33-24/h1-16H,28H2,(H,29,30). The molecule has 0 amide bonds. The van der Waals surface area contributed by atoms with Gasteiger partial charge in [-0.15, -0.1) is 0 Å². The van der Waals surface area contributed by atoms with Crippen molar-refractivity contribution in [1.82, 2.24) is 9.97 Å². The molecule has 0 unspecified atom stereocenters. The Bertz CT molecular complexity index is 1770. The van der Waals surface area contributed by atoms with Gasteiger partial charge in [-0.25, -0.2) is 4.98 Å². The first-order chi connectivity index (χ1) is 17.0. The Labute approximate surface area is 200 Å². The molecule has 172 valence electrons. The van der Waals surface area contributed by atoms with Crippen LogP contribution >= 0.6 is 0 Å². The zero-order valence-electron chi connectivity index (χ0n) is 18.3. The van der Waals surface area contributed by atoms with Gasteiger partial charge in [0.15, 0.2) is 0 Å². The van der Waals surface area contributed by atoms with Crippen LogP contribution < -0.4 is 9.92 Å². The first-order valence-corrected chi connectivity index (χ1v) is 12.2. The van der Waals surface area contributed by atoms with Crippen LogP contribution in [-0.2, 0) is 10.1 Å². The Morgan fingerprint density at radius 3 is 2.43 bits per heavy atom. The van der Waals surface area contributed by atoms with Gasteiger partial charge in [0.05, 0.1) is 6.26 Å². The van der Waals surface area contributed by atoms with Crippen LogP contribution in [0.1, 0.15) is 0 Å². The molecule has 0 fully saturated rings. The Morgan fingerprint density at radius 2 is 1.69 bits per heavy atom. The molecule has 6 rings (SSSR count). The molecule has 0 aliphatic carbocycles. The molecule has 3 heterocycles. The van der Waals surface area contributed by atoms with E-state index in [1.807, 2.05) is 60.8 Å². The third-order valence-corrected chi connectivity index (χ3v) is 6.96. The number of rotatable bonds is 5. The topological polar surface area (TPSA) is 111 Å². The Morgan fingerprint density at radius 1 is 0.886 bits per heavy atom. The van der Waals surface area contributed by atoms with Gasteiger partial charge in [-0.2, -0.15) is 8.42 Å². The molecule has 6 aromatic rings. The van der Waals surface area contributed by atoms with Crippen molar-refractivity contribution >= 4 is 37.7 Å². The summed E-state index contributed by atoms with van der Waals surface area (Å²) in [5, 5.41) is 1.39. The maximum absolute atomic E-state index is 12.6. The molecule has 35 heavy (non-hydrogen) atoms. The molecule has 0 aliphatic rings. The maximum Gasteiger partial charge on any atom is 0.373 e. The van der Waals surface area contributed by atoms with Crippen molar-refractivity contribution in [1.29, 1.82) is 0 Å². The second kappa shape index (κ2) is 8.03. The van der Waals surface area contributed by atoms with E-state index in [-0.39, 0.29) is 10.8 Å². The Kier molecular flexibility index (Phi) is 4.82. The van der Waals surface area contributed by atoms with E-state index in [2.05, 4.69) is 9.97 Å². The maximum atomic E-state index is 12.6. The number of fused-ring (bicyclic) bond motifs is 3. The molecule has 0 saturated carbocycles. The van der Waals surface area contributed by atoms with Crippen LogP contribution in [0.3, 0.4) is 0 Å². The first-order valence-electron chi connectivity index (χ1n) is 10.8. The molecule has 7 nitrogen and oxygen atoms in total. The SMILES string of the molecule is Nc1ccc(-c2cnc3[nH]c4ccc(OS(=O)(=O)c5ccco5)cc4c3c2-c2ccccc2)cc1. The molecule has 0 saturated heterocycles. The molecule has 0 bridgehead atoms. The summed E-state index contributed by atoms with van der Waals surface area (Å²) >= 11 is 0. The molecule has 3 N–H and O–H groups in total. The van der Waals surface area contributed by atoms with Crippen LogP contribution in [0.2, 0.25) is 0 Å². The summed E-state index contributed by atoms with van der Waals surface area (Å²) in [6, 6.07) is 25.6. The molecule has 0 radical (unpaired) electrons. The van der Waals surface area contributed by atoms with E-state index in [4.69, 9.17) is 14.3 Å². The minimum atomic E-state index is -4.10. The minimum absolute atomic E-state index is 0.173. The summed E-state index contributed by atoms with van der Waals surface area (Å²) in [4.78, 5) is 8.03. The quantitative estimate of drug-likeness (QED) is 0.231. The highest BCUT2D eigenvalue weighted by Crippen LogP contribution is 2.41. The highest BCUT2D eigenvalue weighted by Gasteiger charge is 2.22. The summed E-state index contributed by atoms with van der Waals surface area (Å²) in [5.74, 6) is 0.173. The lowest BCUT2D eigenvalue weighted by Gasteiger charge is -2.12. The van der Waals surface area contributed by atoms with E-state index in [1.165, 1.54) is 18.4 Å². The number of aromatic nitrogens is 2. The molecular formula is C27H19N3O4S. The van der Waals surface area contributed by atoms with Crippen molar-refractivity contribution in [3.8, 4) is 28.0 Å². The number of H-pyrrole nitrogens is 1. The number of benzene rings is 3. The van der Waals surface area contributed by atoms with Crippen molar-refractivity contribution in [2.45, 2.75) is 5.09 Å². The first kappa shape index (κ1) is 21.0. The average Bonchev–Trinajstić information content (AvgIpc) is 3.53. The van der Waals surface area contributed by atoms with Crippen LogP contribution in [-0.4, -0.2) is 18.4 Å². The van der Waals surface area contributed by atoms with Gasteiger partial charge in [-0.3, -0.25) is 0 Å². The van der Waals surface area contributed by atoms with Crippen LogP contribution in [0.5, 0.6) is 5.75 Å². The monoisotopic (exact) mass is 481 g/mol. The molecule has 0 aliphatic heterocycles. The summed E-state index contributed by atoms with van der Waals surface area (Å²) in [6.07, 6.45) is 3.12. The van der Waals surface area contributed by atoms with E-state index in [9.17, 15) is 8.42 Å². The molecule has 3 aromatic carbocycles. The minimum Gasteiger partial charge on any atom is -0.450 e. The lowest BCUT2D eigenvalue weighted by Crippen LogP contribution is -2.08. The Balaban J connectivity index is 1.60. The van der Waals surface area contributed by atoms with Crippen molar-refractivity contribution in [3.63, 3.8) is 0 Å². The van der Waals surface area contributed by atoms with Gasteiger partial charge in [-0.1, -0.05) is 42.5 Å². The van der Waals surface area contributed by atoms with Crippen molar-refractivity contribution < 1.29 is 17.0 Å². The number of aromatic amines is 1. The van der Waals surface area contributed by atoms with Gasteiger partial charge in [0.2, 0.25) is 0 Å². The fraction of sp³-hybridized carbons (Fsp3) is 0. The zero-order valence-corrected chi connectivity index (χ0v) is 19.1. The number of furan rings is 1. The number of nitrogen functional groups attached to an aromatic ring is 1. The highest BCUT2D eigenvalue weighted by molar-refractivity contribution is 7.87. The summed E-state index contributed by atoms with van der Waals surface area (Å²) in [7, 11) is -4.10. The number of hydrogen-bond acceptors (Lipinski definition) is 6. The molecule has 8 heteroatoms. The summed E-state index contributed by atoms with van der Waals surface area (Å²) in [5.41, 5.74) is 12.0. The van der Waals surface area contributed by atoms with Crippen LogP contribution in [0.15, 0.2) is 107 Å². The predicted octanol–water partition coefficient (Wildman–Crippen LogP) is 5.99. The van der Waals surface area contributed by atoms with Gasteiger partial charge in [0, 0.05) is 39.3 Å². The molecule has 3 aromatic heterocycles. The van der Waals surface area contributed by atoms with E-state index in [1.54, 1.807) is 18.2 Å². The average molecular weight is 482 g/mol. The van der Waals surface area contributed by atoms with E-state index in [0.29, 0.717) is 11.3 Å². The molecule has 0 spiro atoms. The number of nitrogens with zero attached hydrogens (tertiary/aromatic N) is 1. The smallest absolute Gasteiger partial charge is 0.373 e. The lowest BCUT2D eigenvalue weighted by atomic mass is 9.92. The molecule has 0 atom stereocenters. The number of hydrogen-bond donors (Lipinski definition) is 2. The lowest BCUT2D eigenvalue weighted by molar-refractivity contribution is 0.410. The Hall–Kier alpha value is -4.56. The third-order valence-electron chi connectivity index (χ3n) is 5.82. The van der Waals surface area contributed by atoms with E-state index < -0.39 is 10.1 Å². The van der Waals surface area contributed by atoms with Crippen LogP contribution in [0.25, 0.3) is 44.2 Å². The second-order valence-corrected chi connectivity index (χ2v) is 9.54. The third kappa shape index (κ3) is 3.70. The fourth-order valence-corrected chi connectivity index (χ4v) is 5.10. The second-order valence-electron chi connectivity index (χ2n) is 8.06. The summed E-state index contributed by atoms with van der Waals surface area (Å²) < 4.78 is 35.6. The number of pyridine rings is 1. The predicted molar refractivity (Wildman–Crippen MR) is 135 cm³/mol. The number of nitrogens with one attached hydrogen (secondary N) is 1. The largest absolute Gasteiger partial charge is 0.450 e. The van der Waals surface area contributed by atoms with E-state index >= 15 is 0 Å². The highest BCUT2D eigenvalue weighted by atomic mass is 32.2. The van der Waals surface area contributed by atoms with Crippen molar-refractivity contribution in [2.24, 2.45) is 0 Å². The number of anilines is 1. The van der Waals surface area contributed by atoms with Crippen LogP contribution in [0.4, 0.5) is 5.69 Å². The van der Waals surface area contributed by atoms with Gasteiger partial charge in [-0.05, 0) is 53.6 Å². The molecular weight excluding hydrogens is 462 g/mol. The van der Waals surface area contributed by atoms with Crippen molar-refractivity contribution in [2.75, 3.05) is 5.73 Å². The number of nitrogens with two attached hydrogens (primary N) is 1.